The van der Waals surface area contributed by atoms with Gasteiger partial charge in [-0.05, 0) is 18.1 Å². The molecule has 2 rings (SSSR count). The number of amides is 3. The summed E-state index contributed by atoms with van der Waals surface area (Å²) in [6, 6.07) is 12.1. The van der Waals surface area contributed by atoms with E-state index >= 15 is 0 Å². The minimum absolute atomic E-state index is 0.00205. The van der Waals surface area contributed by atoms with E-state index in [0.717, 1.165) is 0 Å². The van der Waals surface area contributed by atoms with Crippen LogP contribution in [0.25, 0.3) is 0 Å². The Morgan fingerprint density at radius 3 is 1.61 bits per heavy atom. The molecule has 11 nitrogen and oxygen atoms in total. The van der Waals surface area contributed by atoms with Crippen LogP contribution in [0.2, 0.25) is 0 Å². The molecule has 0 radical (unpaired) electrons. The van der Waals surface area contributed by atoms with Crippen LogP contribution in [0.5, 0.6) is 0 Å². The molecule has 0 aliphatic heterocycles. The molecule has 5 unspecified atom stereocenters. The second-order valence-electron chi connectivity index (χ2n) is 8.35. The lowest BCUT2D eigenvalue weighted by molar-refractivity contribution is -0.142. The molecule has 5 atom stereocenters. The number of benzene rings is 2. The highest BCUT2D eigenvalue weighted by atomic mass is 16.4. The molecule has 0 aliphatic rings. The third-order valence-electron chi connectivity index (χ3n) is 5.45. The Hall–Kier alpha value is -3.80. The molecule has 0 aliphatic carbocycles. The highest BCUT2D eigenvalue weighted by Crippen LogP contribution is 2.06. The number of carboxylic acid groups (broad SMARTS) is 1. The van der Waals surface area contributed by atoms with E-state index in [1.54, 1.807) is 60.7 Å². The van der Waals surface area contributed by atoms with E-state index in [0.29, 0.717) is 11.1 Å². The van der Waals surface area contributed by atoms with Crippen molar-refractivity contribution < 1.29 is 34.5 Å². The van der Waals surface area contributed by atoms with E-state index in [9.17, 15) is 34.5 Å². The summed E-state index contributed by atoms with van der Waals surface area (Å²) >= 11 is 0. The number of aliphatic carboxylic acids is 1. The highest BCUT2D eigenvalue weighted by Gasteiger charge is 2.31. The Labute approximate surface area is 208 Å². The molecule has 2 aromatic rings. The first-order valence-electron chi connectivity index (χ1n) is 11.4. The summed E-state index contributed by atoms with van der Waals surface area (Å²) < 4.78 is 0. The normalized spacial score (nSPS) is 15.0. The van der Waals surface area contributed by atoms with Crippen LogP contribution < -0.4 is 21.7 Å². The largest absolute Gasteiger partial charge is 0.480 e. The van der Waals surface area contributed by atoms with Crippen LogP contribution in [0.3, 0.4) is 0 Å². The smallest absolute Gasteiger partial charge is 0.326 e. The lowest BCUT2D eigenvalue weighted by Crippen LogP contribution is -2.59. The van der Waals surface area contributed by atoms with Gasteiger partial charge in [-0.3, -0.25) is 14.4 Å². The number of nitrogens with one attached hydrogen (secondary N) is 3. The second-order valence-corrected chi connectivity index (χ2v) is 8.35. The maximum absolute atomic E-state index is 13.0. The summed E-state index contributed by atoms with van der Waals surface area (Å²) in [6.45, 7) is 0.519. The minimum atomic E-state index is -1.48. The molecule has 0 bridgehead atoms. The Morgan fingerprint density at radius 1 is 0.750 bits per heavy atom. The first kappa shape index (κ1) is 28.4. The first-order chi connectivity index (χ1) is 17.1. The van der Waals surface area contributed by atoms with Crippen LogP contribution in [-0.2, 0) is 32.0 Å². The maximum atomic E-state index is 13.0. The zero-order chi connectivity index (χ0) is 26.7. The molecule has 194 valence electrons. The number of hydrogen-bond acceptors (Lipinski definition) is 7. The van der Waals surface area contributed by atoms with Crippen molar-refractivity contribution in [1.82, 2.24) is 16.0 Å². The van der Waals surface area contributed by atoms with Gasteiger partial charge < -0.3 is 37.0 Å². The van der Waals surface area contributed by atoms with Gasteiger partial charge in [-0.2, -0.15) is 0 Å². The predicted octanol–water partition coefficient (Wildman–Crippen LogP) is -1.29. The van der Waals surface area contributed by atoms with Crippen LogP contribution in [0.15, 0.2) is 60.7 Å². The number of carboxylic acids is 1. The van der Waals surface area contributed by atoms with E-state index in [2.05, 4.69) is 16.0 Å². The molecule has 3 amide bonds. The van der Waals surface area contributed by atoms with Gasteiger partial charge in [0.1, 0.15) is 24.2 Å². The molecule has 36 heavy (non-hydrogen) atoms. The van der Waals surface area contributed by atoms with Gasteiger partial charge in [0, 0.05) is 12.8 Å². The number of carbonyl (C=O) groups excluding carboxylic acids is 3. The quantitative estimate of drug-likeness (QED) is 0.177. The van der Waals surface area contributed by atoms with E-state index in [-0.39, 0.29) is 12.8 Å². The Morgan fingerprint density at radius 2 is 1.17 bits per heavy atom. The molecule has 0 saturated carbocycles. The lowest BCUT2D eigenvalue weighted by Gasteiger charge is -2.25. The van der Waals surface area contributed by atoms with Crippen LogP contribution in [0, 0.1) is 0 Å². The number of nitrogens with two attached hydrogens (primary N) is 1. The van der Waals surface area contributed by atoms with Crippen molar-refractivity contribution in [3.05, 3.63) is 71.8 Å². The van der Waals surface area contributed by atoms with E-state index in [1.807, 2.05) is 0 Å². The number of rotatable bonds is 13. The van der Waals surface area contributed by atoms with E-state index in [1.165, 1.54) is 6.92 Å². The molecule has 0 fully saturated rings. The summed E-state index contributed by atoms with van der Waals surface area (Å²) in [6.07, 6.45) is -1.13. The Kier molecular flexibility index (Phi) is 11.0. The summed E-state index contributed by atoms with van der Waals surface area (Å²) in [5.74, 6) is -3.76. The van der Waals surface area contributed by atoms with Crippen LogP contribution in [0.4, 0.5) is 0 Å². The van der Waals surface area contributed by atoms with Crippen molar-refractivity contribution in [3.63, 3.8) is 0 Å². The van der Waals surface area contributed by atoms with E-state index in [4.69, 9.17) is 5.73 Å². The van der Waals surface area contributed by atoms with Gasteiger partial charge >= 0.3 is 5.97 Å². The number of carbonyl (C=O) groups is 4. The number of aliphatic hydroxyl groups excluding tert-OH is 2. The molecule has 0 saturated heterocycles. The van der Waals surface area contributed by atoms with Crippen molar-refractivity contribution in [3.8, 4) is 0 Å². The molecule has 2 aromatic carbocycles. The van der Waals surface area contributed by atoms with Crippen molar-refractivity contribution in [2.75, 3.05) is 6.61 Å². The van der Waals surface area contributed by atoms with Crippen molar-refractivity contribution in [1.29, 1.82) is 0 Å². The summed E-state index contributed by atoms with van der Waals surface area (Å²) in [7, 11) is 0. The average molecular weight is 501 g/mol. The highest BCUT2D eigenvalue weighted by molar-refractivity contribution is 5.94. The lowest BCUT2D eigenvalue weighted by atomic mass is 10.0. The number of hydrogen-bond donors (Lipinski definition) is 7. The molecular weight excluding hydrogens is 468 g/mol. The zero-order valence-electron chi connectivity index (χ0n) is 19.8. The zero-order valence-corrected chi connectivity index (χ0v) is 19.8. The summed E-state index contributed by atoms with van der Waals surface area (Å²) in [5, 5.41) is 36.0. The molecule has 8 N–H and O–H groups in total. The molecule has 0 aromatic heterocycles. The van der Waals surface area contributed by atoms with Gasteiger partial charge in [0.2, 0.25) is 17.7 Å². The fourth-order valence-electron chi connectivity index (χ4n) is 3.33. The Balaban J connectivity index is 2.13. The van der Waals surface area contributed by atoms with Crippen molar-refractivity contribution in [2.24, 2.45) is 5.73 Å². The molecular formula is C25H32N4O7. The van der Waals surface area contributed by atoms with E-state index < -0.39 is 60.6 Å². The topological polar surface area (TPSA) is 191 Å². The predicted molar refractivity (Wildman–Crippen MR) is 130 cm³/mol. The van der Waals surface area contributed by atoms with Gasteiger partial charge in [-0.15, -0.1) is 0 Å². The van der Waals surface area contributed by atoms with Gasteiger partial charge in [-0.1, -0.05) is 60.7 Å². The Bertz CT molecular complexity index is 1020. The third-order valence-corrected chi connectivity index (χ3v) is 5.45. The third kappa shape index (κ3) is 8.77. The molecule has 0 heterocycles. The van der Waals surface area contributed by atoms with Gasteiger partial charge in [0.05, 0.1) is 12.7 Å². The monoisotopic (exact) mass is 500 g/mol. The average Bonchev–Trinajstić information content (AvgIpc) is 2.86. The van der Waals surface area contributed by atoms with Crippen LogP contribution in [-0.4, -0.2) is 75.9 Å². The second kappa shape index (κ2) is 13.9. The standard InChI is InChI=1S/C25H32N4O7/c1-15(31)21(26)24(34)27-18(12-16-8-4-2-5-9-16)22(32)29-20(14-30)23(33)28-19(25(35)36)13-17-10-6-3-7-11-17/h2-11,15,18-21,30-31H,12-14,26H2,1H3,(H,27,34)(H,28,33)(H,29,32)(H,35,36). The van der Waals surface area contributed by atoms with Crippen LogP contribution in [0.1, 0.15) is 18.1 Å². The summed E-state index contributed by atoms with van der Waals surface area (Å²) in [5.41, 5.74) is 7.04. The summed E-state index contributed by atoms with van der Waals surface area (Å²) in [4.78, 5) is 49.8. The SMILES string of the molecule is CC(O)C(N)C(=O)NC(Cc1ccccc1)C(=O)NC(CO)C(=O)NC(Cc1ccccc1)C(=O)O. The van der Waals surface area contributed by atoms with Gasteiger partial charge in [0.15, 0.2) is 0 Å². The van der Waals surface area contributed by atoms with Crippen molar-refractivity contribution in [2.45, 2.75) is 50.0 Å². The van der Waals surface area contributed by atoms with Gasteiger partial charge in [-0.25, -0.2) is 4.79 Å². The number of aliphatic hydroxyl groups is 2. The van der Waals surface area contributed by atoms with Gasteiger partial charge in [0.25, 0.3) is 0 Å². The van der Waals surface area contributed by atoms with Crippen molar-refractivity contribution >= 4 is 23.7 Å². The fraction of sp³-hybridized carbons (Fsp3) is 0.360. The first-order valence-corrected chi connectivity index (χ1v) is 11.4. The maximum Gasteiger partial charge on any atom is 0.326 e. The molecule has 11 heteroatoms. The van der Waals surface area contributed by atoms with Crippen LogP contribution >= 0.6 is 0 Å². The fourth-order valence-corrected chi connectivity index (χ4v) is 3.33. The minimum Gasteiger partial charge on any atom is -0.480 e. The molecule has 0 spiro atoms.